The number of likely N-dealkylation sites (tertiary alicyclic amines) is 1. The number of hydrogen-bond donors (Lipinski definition) is 1. The Hall–Kier alpha value is -3.76. The van der Waals surface area contributed by atoms with Gasteiger partial charge in [-0.2, -0.15) is 0 Å². The number of carbonyl (C=O) groups is 3. The minimum atomic E-state index is -0.406. The van der Waals surface area contributed by atoms with Crippen LogP contribution >= 0.6 is 22.7 Å². The number of nitrogens with one attached hydrogen (secondary N) is 1. The largest absolute Gasteiger partial charge is 0.454 e. The van der Waals surface area contributed by atoms with Crippen molar-refractivity contribution in [3.63, 3.8) is 0 Å². The minimum absolute atomic E-state index is 0.154. The Morgan fingerprint density at radius 3 is 2.64 bits per heavy atom. The van der Waals surface area contributed by atoms with Gasteiger partial charge in [-0.1, -0.05) is 18.2 Å². The highest BCUT2D eigenvalue weighted by Crippen LogP contribution is 2.44. The fourth-order valence-electron chi connectivity index (χ4n) is 4.40. The summed E-state index contributed by atoms with van der Waals surface area (Å²) in [6.45, 7) is 1.96. The van der Waals surface area contributed by atoms with Crippen LogP contribution in [0.3, 0.4) is 0 Å². The van der Waals surface area contributed by atoms with Crippen LogP contribution in [0.1, 0.15) is 28.8 Å². The molecule has 0 aliphatic carbocycles. The van der Waals surface area contributed by atoms with E-state index in [-0.39, 0.29) is 38.0 Å². The maximum absolute atomic E-state index is 12.9. The van der Waals surface area contributed by atoms with Crippen molar-refractivity contribution < 1.29 is 23.9 Å². The van der Waals surface area contributed by atoms with E-state index in [2.05, 4.69) is 5.32 Å². The van der Waals surface area contributed by atoms with E-state index in [1.807, 2.05) is 49.4 Å². The first kappa shape index (κ1) is 22.7. The lowest BCUT2D eigenvalue weighted by Crippen LogP contribution is -2.36. The summed E-state index contributed by atoms with van der Waals surface area (Å²) in [6, 6.07) is 13.8. The van der Waals surface area contributed by atoms with Gasteiger partial charge < -0.3 is 14.8 Å². The molecule has 1 fully saturated rings. The average Bonchev–Trinajstić information content (AvgIpc) is 3.62. The quantitative estimate of drug-likeness (QED) is 0.370. The SMILES string of the molecule is Cc1c(Cc2ccc3c(c2)OCO3)sc(NC(=O)CN2C(=O)CCC2=O)c1-c1nc2ccccc2s1. The lowest BCUT2D eigenvalue weighted by atomic mass is 10.1. The zero-order chi connectivity index (χ0) is 24.8. The molecule has 0 unspecified atom stereocenters. The molecule has 6 rings (SSSR count). The van der Waals surface area contributed by atoms with Crippen LogP contribution < -0.4 is 14.8 Å². The number of carbonyl (C=O) groups excluding carboxylic acids is 3. The van der Waals surface area contributed by atoms with Crippen LogP contribution in [0.25, 0.3) is 20.8 Å². The first-order valence-corrected chi connectivity index (χ1v) is 13.1. The summed E-state index contributed by atoms with van der Waals surface area (Å²) in [6.07, 6.45) is 0.950. The zero-order valence-electron chi connectivity index (χ0n) is 19.3. The van der Waals surface area contributed by atoms with E-state index in [4.69, 9.17) is 14.5 Å². The van der Waals surface area contributed by atoms with Gasteiger partial charge in [0.2, 0.25) is 24.5 Å². The van der Waals surface area contributed by atoms with Gasteiger partial charge in [-0.3, -0.25) is 19.3 Å². The van der Waals surface area contributed by atoms with Crippen molar-refractivity contribution in [1.82, 2.24) is 9.88 Å². The van der Waals surface area contributed by atoms with E-state index in [1.165, 1.54) is 11.3 Å². The Morgan fingerprint density at radius 2 is 1.83 bits per heavy atom. The normalized spacial score (nSPS) is 14.8. The number of fused-ring (bicyclic) bond motifs is 2. The first-order chi connectivity index (χ1) is 17.5. The maximum atomic E-state index is 12.9. The monoisotopic (exact) mass is 519 g/mol. The molecule has 2 aromatic carbocycles. The van der Waals surface area contributed by atoms with Crippen molar-refractivity contribution in [2.75, 3.05) is 18.7 Å². The van der Waals surface area contributed by atoms with Gasteiger partial charge in [0.15, 0.2) is 11.5 Å². The number of ether oxygens (including phenoxy) is 2. The second-order valence-electron chi connectivity index (χ2n) is 8.63. The van der Waals surface area contributed by atoms with Crippen LogP contribution in [0, 0.1) is 6.92 Å². The number of hydrogen-bond acceptors (Lipinski definition) is 8. The Balaban J connectivity index is 1.35. The summed E-state index contributed by atoms with van der Waals surface area (Å²) < 4.78 is 12.0. The molecule has 0 spiro atoms. The fourth-order valence-corrected chi connectivity index (χ4v) is 6.80. The predicted molar refractivity (Wildman–Crippen MR) is 138 cm³/mol. The van der Waals surface area contributed by atoms with E-state index in [0.29, 0.717) is 11.4 Å². The second-order valence-corrected chi connectivity index (χ2v) is 10.8. The smallest absolute Gasteiger partial charge is 0.245 e. The van der Waals surface area contributed by atoms with Crippen LogP contribution in [-0.2, 0) is 20.8 Å². The molecule has 2 aliphatic heterocycles. The van der Waals surface area contributed by atoms with E-state index in [0.717, 1.165) is 53.2 Å². The van der Waals surface area contributed by atoms with Gasteiger partial charge >= 0.3 is 0 Å². The third-order valence-corrected chi connectivity index (χ3v) is 8.53. The predicted octanol–water partition coefficient (Wildman–Crippen LogP) is 4.74. The van der Waals surface area contributed by atoms with Gasteiger partial charge in [0.05, 0.1) is 10.2 Å². The van der Waals surface area contributed by atoms with Crippen LogP contribution in [0.2, 0.25) is 0 Å². The van der Waals surface area contributed by atoms with E-state index in [1.54, 1.807) is 11.3 Å². The van der Waals surface area contributed by atoms with Crippen LogP contribution in [0.5, 0.6) is 11.5 Å². The molecule has 3 amide bonds. The van der Waals surface area contributed by atoms with Crippen molar-refractivity contribution in [2.45, 2.75) is 26.2 Å². The highest BCUT2D eigenvalue weighted by atomic mass is 32.1. The molecule has 0 bridgehead atoms. The van der Waals surface area contributed by atoms with E-state index in [9.17, 15) is 14.4 Å². The summed E-state index contributed by atoms with van der Waals surface area (Å²) in [7, 11) is 0. The molecule has 10 heteroatoms. The van der Waals surface area contributed by atoms with Gasteiger partial charge in [-0.05, 0) is 42.3 Å². The summed E-state index contributed by atoms with van der Waals surface area (Å²) in [4.78, 5) is 43.9. The number of thiophene rings is 1. The Labute approximate surface area is 214 Å². The van der Waals surface area contributed by atoms with Crippen LogP contribution in [-0.4, -0.2) is 40.9 Å². The number of benzene rings is 2. The highest BCUT2D eigenvalue weighted by Gasteiger charge is 2.31. The third-order valence-electron chi connectivity index (χ3n) is 6.26. The van der Waals surface area contributed by atoms with Crippen molar-refractivity contribution in [1.29, 1.82) is 0 Å². The molecular weight excluding hydrogens is 498 g/mol. The number of amides is 3. The molecule has 182 valence electrons. The number of thiazole rings is 1. The molecule has 2 aliphatic rings. The number of aromatic nitrogens is 1. The molecule has 0 radical (unpaired) electrons. The molecule has 4 heterocycles. The standard InChI is InChI=1S/C26H21N3O5S2/c1-14-20(11-15-6-7-17-18(10-15)34-13-33-17)36-26(28-21(30)12-29-22(31)8-9-23(29)32)24(14)25-27-16-4-2-3-5-19(16)35-25/h2-7,10H,8-9,11-13H2,1H3,(H,28,30). The molecule has 1 saturated heterocycles. The number of para-hydroxylation sites is 1. The molecule has 0 saturated carbocycles. The average molecular weight is 520 g/mol. The Morgan fingerprint density at radius 1 is 1.06 bits per heavy atom. The molecule has 1 N–H and O–H groups in total. The molecule has 2 aromatic heterocycles. The summed E-state index contributed by atoms with van der Waals surface area (Å²) in [5.74, 6) is 0.425. The highest BCUT2D eigenvalue weighted by molar-refractivity contribution is 7.22. The lowest BCUT2D eigenvalue weighted by Gasteiger charge is -2.13. The number of anilines is 1. The van der Waals surface area contributed by atoms with Crippen molar-refractivity contribution in [3.8, 4) is 22.1 Å². The second kappa shape index (κ2) is 9.03. The molecular formula is C26H21N3O5S2. The fraction of sp³-hybridized carbons (Fsp3) is 0.231. The minimum Gasteiger partial charge on any atom is -0.454 e. The zero-order valence-corrected chi connectivity index (χ0v) is 21.0. The van der Waals surface area contributed by atoms with Gasteiger partial charge in [-0.25, -0.2) is 4.98 Å². The summed E-state index contributed by atoms with van der Waals surface area (Å²) >= 11 is 3.05. The van der Waals surface area contributed by atoms with Crippen molar-refractivity contribution >= 4 is 55.6 Å². The van der Waals surface area contributed by atoms with Crippen molar-refractivity contribution in [2.24, 2.45) is 0 Å². The number of imide groups is 1. The van der Waals surface area contributed by atoms with Crippen LogP contribution in [0.15, 0.2) is 42.5 Å². The van der Waals surface area contributed by atoms with Crippen molar-refractivity contribution in [3.05, 3.63) is 58.5 Å². The first-order valence-electron chi connectivity index (χ1n) is 11.5. The van der Waals surface area contributed by atoms with E-state index >= 15 is 0 Å². The Bertz CT molecular complexity index is 1490. The number of rotatable bonds is 6. The topological polar surface area (TPSA) is 97.8 Å². The van der Waals surface area contributed by atoms with Gasteiger partial charge in [0.1, 0.15) is 16.6 Å². The molecule has 8 nitrogen and oxygen atoms in total. The third kappa shape index (κ3) is 4.12. The van der Waals surface area contributed by atoms with Gasteiger partial charge in [0, 0.05) is 29.7 Å². The summed E-state index contributed by atoms with van der Waals surface area (Å²) in [5.41, 5.74) is 3.85. The Kier molecular flexibility index (Phi) is 5.69. The summed E-state index contributed by atoms with van der Waals surface area (Å²) in [5, 5.41) is 4.43. The molecule has 4 aromatic rings. The molecule has 36 heavy (non-hydrogen) atoms. The lowest BCUT2D eigenvalue weighted by molar-refractivity contribution is -0.141. The van der Waals surface area contributed by atoms with Gasteiger partial charge in [-0.15, -0.1) is 22.7 Å². The molecule has 0 atom stereocenters. The van der Waals surface area contributed by atoms with Gasteiger partial charge in [0.25, 0.3) is 0 Å². The maximum Gasteiger partial charge on any atom is 0.245 e. The van der Waals surface area contributed by atoms with E-state index < -0.39 is 5.91 Å². The number of nitrogens with zero attached hydrogens (tertiary/aromatic N) is 2. The van der Waals surface area contributed by atoms with Crippen LogP contribution in [0.4, 0.5) is 5.00 Å².